The van der Waals surface area contributed by atoms with Gasteiger partial charge in [0.05, 0.1) is 5.92 Å². The normalized spacial score (nSPS) is 20.1. The maximum Gasteiger partial charge on any atom is 0.308 e. The second-order valence-corrected chi connectivity index (χ2v) is 6.13. The Morgan fingerprint density at radius 1 is 1.48 bits per heavy atom. The third-order valence-corrected chi connectivity index (χ3v) is 4.17. The summed E-state index contributed by atoms with van der Waals surface area (Å²) in [5.74, 6) is -1.38. The maximum absolute atomic E-state index is 12.5. The van der Waals surface area contributed by atoms with Gasteiger partial charge in [-0.25, -0.2) is 0 Å². The monoisotopic (exact) mass is 309 g/mol. The number of hydrogen-bond acceptors (Lipinski definition) is 2. The van der Waals surface area contributed by atoms with Crippen LogP contribution in [-0.2, 0) is 16.0 Å². The first-order valence-electron chi connectivity index (χ1n) is 7.23. The van der Waals surface area contributed by atoms with E-state index in [9.17, 15) is 9.59 Å². The van der Waals surface area contributed by atoms with Gasteiger partial charge >= 0.3 is 5.97 Å². The van der Waals surface area contributed by atoms with Crippen molar-refractivity contribution in [3.8, 4) is 0 Å². The van der Waals surface area contributed by atoms with Crippen LogP contribution in [0, 0.1) is 11.8 Å². The number of carbonyl (C=O) groups is 2. The lowest BCUT2D eigenvalue weighted by Crippen LogP contribution is -2.44. The molecule has 1 aromatic rings. The molecular weight excluding hydrogens is 290 g/mol. The molecule has 0 radical (unpaired) electrons. The highest BCUT2D eigenvalue weighted by atomic mass is 35.5. The molecule has 0 saturated carbocycles. The van der Waals surface area contributed by atoms with Gasteiger partial charge in [0, 0.05) is 24.0 Å². The Morgan fingerprint density at radius 3 is 2.90 bits per heavy atom. The van der Waals surface area contributed by atoms with Gasteiger partial charge in [-0.05, 0) is 37.0 Å². The van der Waals surface area contributed by atoms with Crippen LogP contribution in [0.1, 0.15) is 25.3 Å². The fourth-order valence-corrected chi connectivity index (χ4v) is 3.01. The summed E-state index contributed by atoms with van der Waals surface area (Å²) >= 11 is 5.95. The predicted molar refractivity (Wildman–Crippen MR) is 81.3 cm³/mol. The summed E-state index contributed by atoms with van der Waals surface area (Å²) in [6.45, 7) is 2.87. The van der Waals surface area contributed by atoms with E-state index in [1.165, 1.54) is 0 Å². The van der Waals surface area contributed by atoms with Gasteiger partial charge in [0.15, 0.2) is 0 Å². The summed E-state index contributed by atoms with van der Waals surface area (Å²) < 4.78 is 0. The third kappa shape index (κ3) is 4.21. The second-order valence-electron chi connectivity index (χ2n) is 5.70. The highest BCUT2D eigenvalue weighted by molar-refractivity contribution is 6.30. The Labute approximate surface area is 129 Å². The molecule has 0 spiro atoms. The van der Waals surface area contributed by atoms with Crippen molar-refractivity contribution in [3.63, 3.8) is 0 Å². The van der Waals surface area contributed by atoms with E-state index >= 15 is 0 Å². The Morgan fingerprint density at radius 2 is 2.24 bits per heavy atom. The molecule has 21 heavy (non-hydrogen) atoms. The quantitative estimate of drug-likeness (QED) is 0.930. The fourth-order valence-electron chi connectivity index (χ4n) is 2.80. The molecule has 2 atom stereocenters. The molecule has 4 nitrogen and oxygen atoms in total. The minimum atomic E-state index is -0.810. The number of hydrogen-bond donors (Lipinski definition) is 1. The minimum Gasteiger partial charge on any atom is -0.481 e. The summed E-state index contributed by atoms with van der Waals surface area (Å²) in [7, 11) is 0. The van der Waals surface area contributed by atoms with Crippen molar-refractivity contribution in [2.75, 3.05) is 13.1 Å². The molecule has 0 aromatic heterocycles. The molecule has 1 saturated heterocycles. The zero-order chi connectivity index (χ0) is 15.4. The number of halogens is 1. The van der Waals surface area contributed by atoms with Crippen LogP contribution in [0.25, 0.3) is 0 Å². The zero-order valence-electron chi connectivity index (χ0n) is 12.1. The lowest BCUT2D eigenvalue weighted by atomic mass is 9.95. The number of nitrogens with zero attached hydrogens (tertiary/aromatic N) is 1. The molecule has 1 aliphatic rings. The summed E-state index contributed by atoms with van der Waals surface area (Å²) in [6.07, 6.45) is 2.03. The van der Waals surface area contributed by atoms with E-state index in [0.29, 0.717) is 31.0 Å². The number of piperidine rings is 1. The summed E-state index contributed by atoms with van der Waals surface area (Å²) in [4.78, 5) is 25.2. The lowest BCUT2D eigenvalue weighted by molar-refractivity contribution is -0.146. The third-order valence-electron chi connectivity index (χ3n) is 3.93. The number of benzene rings is 1. The van der Waals surface area contributed by atoms with Crippen molar-refractivity contribution in [1.82, 2.24) is 4.90 Å². The van der Waals surface area contributed by atoms with E-state index in [0.717, 1.165) is 12.0 Å². The van der Waals surface area contributed by atoms with Gasteiger partial charge in [-0.3, -0.25) is 9.59 Å². The Kier molecular flexibility index (Phi) is 5.23. The van der Waals surface area contributed by atoms with E-state index in [1.807, 2.05) is 25.1 Å². The molecule has 2 rings (SSSR count). The zero-order valence-corrected chi connectivity index (χ0v) is 12.8. The Balaban J connectivity index is 1.97. The van der Waals surface area contributed by atoms with Crippen LogP contribution in [0.4, 0.5) is 0 Å². The number of amides is 1. The van der Waals surface area contributed by atoms with E-state index in [-0.39, 0.29) is 11.8 Å². The van der Waals surface area contributed by atoms with Crippen LogP contribution in [0.3, 0.4) is 0 Å². The summed E-state index contributed by atoms with van der Waals surface area (Å²) in [6, 6.07) is 7.49. The van der Waals surface area contributed by atoms with Crippen LogP contribution < -0.4 is 0 Å². The first kappa shape index (κ1) is 15.8. The van der Waals surface area contributed by atoms with Crippen LogP contribution in [0.2, 0.25) is 5.02 Å². The van der Waals surface area contributed by atoms with Crippen molar-refractivity contribution in [2.45, 2.75) is 26.2 Å². The molecule has 114 valence electrons. The van der Waals surface area contributed by atoms with Crippen molar-refractivity contribution >= 4 is 23.5 Å². The number of carboxylic acid groups (broad SMARTS) is 1. The molecule has 0 bridgehead atoms. The fraction of sp³-hybridized carbons (Fsp3) is 0.500. The van der Waals surface area contributed by atoms with Gasteiger partial charge in [0.25, 0.3) is 0 Å². The standard InChI is InChI=1S/C16H20ClNO3/c1-11(8-12-4-2-6-14(17)9-12)15(19)18-7-3-5-13(10-18)16(20)21/h2,4,6,9,11,13H,3,5,7-8,10H2,1H3,(H,20,21)/t11?,13-/m0/s1. The minimum absolute atomic E-state index is 0.0286. The molecule has 5 heteroatoms. The SMILES string of the molecule is CC(Cc1cccc(Cl)c1)C(=O)N1CCC[C@H](C(=O)O)C1. The number of carbonyl (C=O) groups excluding carboxylic acids is 1. The maximum atomic E-state index is 12.5. The van der Waals surface area contributed by atoms with Gasteiger partial charge in [-0.15, -0.1) is 0 Å². The molecule has 0 aliphatic carbocycles. The van der Waals surface area contributed by atoms with Gasteiger partial charge in [-0.1, -0.05) is 30.7 Å². The lowest BCUT2D eigenvalue weighted by Gasteiger charge is -2.32. The van der Waals surface area contributed by atoms with Crippen LogP contribution >= 0.6 is 11.6 Å². The predicted octanol–water partition coefficient (Wildman–Crippen LogP) is 2.84. The average molecular weight is 310 g/mol. The van der Waals surface area contributed by atoms with E-state index < -0.39 is 11.9 Å². The van der Waals surface area contributed by atoms with Gasteiger partial charge in [0.2, 0.25) is 5.91 Å². The molecule has 1 aromatic carbocycles. The first-order chi connectivity index (χ1) is 9.97. The molecule has 1 N–H and O–H groups in total. The Hall–Kier alpha value is -1.55. The van der Waals surface area contributed by atoms with E-state index in [2.05, 4.69) is 0 Å². The molecule has 1 amide bonds. The number of carboxylic acids is 1. The summed E-state index contributed by atoms with van der Waals surface area (Å²) in [5.41, 5.74) is 1.02. The first-order valence-corrected chi connectivity index (χ1v) is 7.61. The van der Waals surface area contributed by atoms with Crippen LogP contribution in [0.15, 0.2) is 24.3 Å². The van der Waals surface area contributed by atoms with Crippen LogP contribution in [-0.4, -0.2) is 35.0 Å². The molecule has 1 unspecified atom stereocenters. The summed E-state index contributed by atoms with van der Waals surface area (Å²) in [5, 5.41) is 9.75. The number of likely N-dealkylation sites (tertiary alicyclic amines) is 1. The van der Waals surface area contributed by atoms with E-state index in [4.69, 9.17) is 16.7 Å². The molecule has 1 aliphatic heterocycles. The molecule has 1 heterocycles. The van der Waals surface area contributed by atoms with Crippen molar-refractivity contribution < 1.29 is 14.7 Å². The average Bonchev–Trinajstić information content (AvgIpc) is 2.46. The van der Waals surface area contributed by atoms with Gasteiger partial charge in [-0.2, -0.15) is 0 Å². The molecule has 1 fully saturated rings. The van der Waals surface area contributed by atoms with E-state index in [1.54, 1.807) is 11.0 Å². The van der Waals surface area contributed by atoms with Crippen molar-refractivity contribution in [3.05, 3.63) is 34.9 Å². The highest BCUT2D eigenvalue weighted by Gasteiger charge is 2.30. The highest BCUT2D eigenvalue weighted by Crippen LogP contribution is 2.21. The van der Waals surface area contributed by atoms with Crippen LogP contribution in [0.5, 0.6) is 0 Å². The smallest absolute Gasteiger partial charge is 0.308 e. The molecular formula is C16H20ClNO3. The Bertz CT molecular complexity index is 532. The van der Waals surface area contributed by atoms with Crippen molar-refractivity contribution in [2.24, 2.45) is 11.8 Å². The second kappa shape index (κ2) is 6.94. The van der Waals surface area contributed by atoms with Gasteiger partial charge in [0.1, 0.15) is 0 Å². The topological polar surface area (TPSA) is 57.6 Å². The van der Waals surface area contributed by atoms with Gasteiger partial charge < -0.3 is 10.0 Å². The number of aliphatic carboxylic acids is 1. The van der Waals surface area contributed by atoms with Crippen molar-refractivity contribution in [1.29, 1.82) is 0 Å². The number of rotatable bonds is 4. The largest absolute Gasteiger partial charge is 0.481 e.